The second-order valence-electron chi connectivity index (χ2n) is 7.43. The molecule has 1 aliphatic rings. The van der Waals surface area contributed by atoms with Gasteiger partial charge in [0, 0.05) is 34.2 Å². The second kappa shape index (κ2) is 12.8. The fourth-order valence-electron chi connectivity index (χ4n) is 3.30. The van der Waals surface area contributed by atoms with Gasteiger partial charge >= 0.3 is 23.9 Å². The van der Waals surface area contributed by atoms with E-state index in [4.69, 9.17) is 35.9 Å². The fourth-order valence-corrected chi connectivity index (χ4v) is 3.49. The van der Waals surface area contributed by atoms with Crippen LogP contribution in [0, 0.1) is 0 Å². The summed E-state index contributed by atoms with van der Waals surface area (Å²) in [6, 6.07) is 9.46. The minimum absolute atomic E-state index is 0.157. The molecule has 0 radical (unpaired) electrons. The number of nitrogens with one attached hydrogen (secondary N) is 2. The lowest BCUT2D eigenvalue weighted by Gasteiger charge is -2.44. The van der Waals surface area contributed by atoms with Crippen LogP contribution in [-0.4, -0.2) is 66.2 Å². The Labute approximate surface area is 202 Å². The first-order chi connectivity index (χ1) is 16.1. The third-order valence-electron chi connectivity index (χ3n) is 4.56. The first kappa shape index (κ1) is 27.0. The van der Waals surface area contributed by atoms with E-state index in [0.29, 0.717) is 6.54 Å². The molecule has 1 aliphatic heterocycles. The maximum atomic E-state index is 11.8. The molecule has 34 heavy (non-hydrogen) atoms. The lowest BCUT2D eigenvalue weighted by Crippen LogP contribution is -2.66. The Bertz CT molecular complexity index is 896. The van der Waals surface area contributed by atoms with Crippen LogP contribution in [0.5, 0.6) is 0 Å². The summed E-state index contributed by atoms with van der Waals surface area (Å²) in [6.07, 6.45) is -5.92. The van der Waals surface area contributed by atoms with Gasteiger partial charge in [0.2, 0.25) is 0 Å². The zero-order chi connectivity index (χ0) is 25.3. The second-order valence-corrected chi connectivity index (χ2v) is 7.84. The molecule has 1 saturated heterocycles. The number of esters is 4. The highest BCUT2D eigenvalue weighted by atomic mass is 32.1. The highest BCUT2D eigenvalue weighted by molar-refractivity contribution is 7.80. The van der Waals surface area contributed by atoms with Gasteiger partial charge in [-0.15, -0.1) is 0 Å². The molecule has 2 N–H and O–H groups in total. The van der Waals surface area contributed by atoms with Gasteiger partial charge in [-0.25, -0.2) is 0 Å². The molecule has 1 heterocycles. The lowest BCUT2D eigenvalue weighted by atomic mass is 9.97. The molecule has 11 nitrogen and oxygen atoms in total. The Morgan fingerprint density at radius 3 is 1.97 bits per heavy atom. The molecule has 0 unspecified atom stereocenters. The van der Waals surface area contributed by atoms with Crippen molar-refractivity contribution in [3.05, 3.63) is 35.9 Å². The van der Waals surface area contributed by atoms with E-state index in [1.54, 1.807) is 0 Å². The Morgan fingerprint density at radius 2 is 1.41 bits per heavy atom. The maximum Gasteiger partial charge on any atom is 0.303 e. The maximum absolute atomic E-state index is 11.8. The van der Waals surface area contributed by atoms with Crippen molar-refractivity contribution in [3.63, 3.8) is 0 Å². The summed E-state index contributed by atoms with van der Waals surface area (Å²) in [5, 5.41) is 6.05. The lowest BCUT2D eigenvalue weighted by molar-refractivity contribution is -0.254. The molecule has 0 amide bonds. The van der Waals surface area contributed by atoms with Crippen LogP contribution >= 0.6 is 12.2 Å². The van der Waals surface area contributed by atoms with Crippen LogP contribution in [0.4, 0.5) is 0 Å². The molecule has 1 aromatic rings. The van der Waals surface area contributed by atoms with Gasteiger partial charge in [-0.2, -0.15) is 0 Å². The molecular weight excluding hydrogens is 468 g/mol. The SMILES string of the molecule is CC(=O)OC[C@H]1O[C@@H](NC(=S)NCc2ccccc2)[C@@H](OC(C)=O)[C@@H](OC(C)=O)[C@H]1OC(C)=O. The van der Waals surface area contributed by atoms with Crippen LogP contribution in [0.2, 0.25) is 0 Å². The van der Waals surface area contributed by atoms with E-state index in [9.17, 15) is 19.2 Å². The number of carbonyl (C=O) groups excluding carboxylic acids is 4. The van der Waals surface area contributed by atoms with E-state index in [1.165, 1.54) is 13.8 Å². The van der Waals surface area contributed by atoms with Gasteiger partial charge in [0.05, 0.1) is 0 Å². The minimum atomic E-state index is -1.27. The van der Waals surface area contributed by atoms with Gasteiger partial charge in [0.25, 0.3) is 0 Å². The first-order valence-corrected chi connectivity index (χ1v) is 10.9. The third-order valence-corrected chi connectivity index (χ3v) is 4.82. The number of benzene rings is 1. The predicted molar refractivity (Wildman–Crippen MR) is 121 cm³/mol. The summed E-state index contributed by atoms with van der Waals surface area (Å²) in [4.78, 5) is 46.8. The van der Waals surface area contributed by atoms with Crippen molar-refractivity contribution in [3.8, 4) is 0 Å². The van der Waals surface area contributed by atoms with Crippen molar-refractivity contribution >= 4 is 41.2 Å². The molecule has 12 heteroatoms. The van der Waals surface area contributed by atoms with Gasteiger partial charge in [0.15, 0.2) is 29.7 Å². The zero-order valence-corrected chi connectivity index (χ0v) is 20.1. The summed E-state index contributed by atoms with van der Waals surface area (Å²) in [5.74, 6) is -2.70. The quantitative estimate of drug-likeness (QED) is 0.298. The van der Waals surface area contributed by atoms with Crippen molar-refractivity contribution in [1.29, 1.82) is 0 Å². The van der Waals surface area contributed by atoms with Crippen molar-refractivity contribution in [2.24, 2.45) is 0 Å². The van der Waals surface area contributed by atoms with Crippen molar-refractivity contribution in [1.82, 2.24) is 10.6 Å². The van der Waals surface area contributed by atoms with E-state index < -0.39 is 54.5 Å². The molecule has 0 aromatic heterocycles. The zero-order valence-electron chi connectivity index (χ0n) is 19.3. The normalized spacial score (nSPS) is 23.7. The Hall–Kier alpha value is -3.25. The van der Waals surface area contributed by atoms with Crippen molar-refractivity contribution in [2.75, 3.05) is 6.61 Å². The molecule has 5 atom stereocenters. The third kappa shape index (κ3) is 8.60. The molecule has 186 valence electrons. The molecule has 0 aliphatic carbocycles. The molecular formula is C22H28N2O9S. The predicted octanol–water partition coefficient (Wildman–Crippen LogP) is 0.734. The van der Waals surface area contributed by atoms with E-state index in [0.717, 1.165) is 19.4 Å². The van der Waals surface area contributed by atoms with E-state index in [-0.39, 0.29) is 11.7 Å². The largest absolute Gasteiger partial charge is 0.463 e. The summed E-state index contributed by atoms with van der Waals surface area (Å²) >= 11 is 5.35. The summed E-state index contributed by atoms with van der Waals surface area (Å²) < 4.78 is 27.1. The molecule has 0 saturated carbocycles. The van der Waals surface area contributed by atoms with E-state index >= 15 is 0 Å². The number of thiocarbonyl (C=S) groups is 1. The molecule has 0 bridgehead atoms. The van der Waals surface area contributed by atoms with Gasteiger partial charge in [-0.05, 0) is 17.8 Å². The standard InChI is InChI=1S/C22H28N2O9S/c1-12(25)29-11-17-18(30-13(2)26)19(31-14(3)27)20(32-15(4)28)21(33-17)24-22(34)23-10-16-8-6-5-7-9-16/h5-9,17-21H,10-11H2,1-4H3,(H2,23,24,34)/t17-,18+,19+,20+,21-/m1/s1. The van der Waals surface area contributed by atoms with Crippen LogP contribution in [0.1, 0.15) is 33.3 Å². The van der Waals surface area contributed by atoms with Gasteiger partial charge in [-0.1, -0.05) is 30.3 Å². The fraction of sp³-hybridized carbons (Fsp3) is 0.500. The van der Waals surface area contributed by atoms with Crippen LogP contribution < -0.4 is 10.6 Å². The van der Waals surface area contributed by atoms with Gasteiger partial charge in [0.1, 0.15) is 12.7 Å². The monoisotopic (exact) mass is 496 g/mol. The summed E-state index contributed by atoms with van der Waals surface area (Å²) in [6.45, 7) is 4.76. The van der Waals surface area contributed by atoms with Crippen LogP contribution in [0.25, 0.3) is 0 Å². The molecule has 1 fully saturated rings. The molecule has 2 rings (SSSR count). The number of ether oxygens (including phenoxy) is 5. The Morgan fingerprint density at radius 1 is 0.853 bits per heavy atom. The summed E-state index contributed by atoms with van der Waals surface area (Å²) in [5.41, 5.74) is 0.966. The smallest absolute Gasteiger partial charge is 0.303 e. The highest BCUT2D eigenvalue weighted by Gasteiger charge is 2.52. The highest BCUT2D eigenvalue weighted by Crippen LogP contribution is 2.28. The molecule has 1 aromatic carbocycles. The Balaban J connectivity index is 2.29. The van der Waals surface area contributed by atoms with E-state index in [2.05, 4.69) is 10.6 Å². The van der Waals surface area contributed by atoms with Crippen LogP contribution in [0.3, 0.4) is 0 Å². The minimum Gasteiger partial charge on any atom is -0.463 e. The van der Waals surface area contributed by atoms with Crippen LogP contribution in [0.15, 0.2) is 30.3 Å². The topological polar surface area (TPSA) is 138 Å². The van der Waals surface area contributed by atoms with Crippen molar-refractivity contribution in [2.45, 2.75) is 64.9 Å². The summed E-state index contributed by atoms with van der Waals surface area (Å²) in [7, 11) is 0. The number of carbonyl (C=O) groups is 4. The average molecular weight is 497 g/mol. The van der Waals surface area contributed by atoms with Crippen LogP contribution in [-0.2, 0) is 49.4 Å². The molecule has 0 spiro atoms. The number of rotatable bonds is 8. The average Bonchev–Trinajstić information content (AvgIpc) is 2.75. The van der Waals surface area contributed by atoms with Crippen molar-refractivity contribution < 1.29 is 42.9 Å². The first-order valence-electron chi connectivity index (χ1n) is 10.5. The van der Waals surface area contributed by atoms with E-state index in [1.807, 2.05) is 30.3 Å². The Kier molecular flexibility index (Phi) is 10.2. The van der Waals surface area contributed by atoms with Gasteiger partial charge in [-0.3, -0.25) is 19.2 Å². The number of hydrogen-bond donors (Lipinski definition) is 2. The van der Waals surface area contributed by atoms with Gasteiger partial charge < -0.3 is 34.3 Å². The number of hydrogen-bond acceptors (Lipinski definition) is 10.